The number of nitrogens with two attached hydrogens (primary N) is 1. The van der Waals surface area contributed by atoms with Crippen LogP contribution in [-0.4, -0.2) is 29.4 Å². The number of anilines is 1. The molecule has 0 amide bonds. The molecular formula is C15H28N4. The molecule has 1 aromatic rings. The van der Waals surface area contributed by atoms with Crippen LogP contribution in [0.2, 0.25) is 0 Å². The summed E-state index contributed by atoms with van der Waals surface area (Å²) in [5, 5.41) is 4.59. The van der Waals surface area contributed by atoms with Crippen LogP contribution >= 0.6 is 0 Å². The maximum Gasteiger partial charge on any atom is 0.129 e. The zero-order valence-electron chi connectivity index (χ0n) is 12.8. The fourth-order valence-electron chi connectivity index (χ4n) is 2.96. The van der Waals surface area contributed by atoms with Crippen molar-refractivity contribution in [2.75, 3.05) is 18.5 Å². The standard InChI is InChI=1S/C15H28N4/c1-5-13(16)9-14-11(2)17-19(4)15(14)18(3)10-12-7-6-8-12/h12-13H,5-10,16H2,1-4H3. The summed E-state index contributed by atoms with van der Waals surface area (Å²) >= 11 is 0. The van der Waals surface area contributed by atoms with Crippen LogP contribution in [0.5, 0.6) is 0 Å². The van der Waals surface area contributed by atoms with Gasteiger partial charge in [-0.25, -0.2) is 0 Å². The zero-order chi connectivity index (χ0) is 14.0. The molecule has 1 aliphatic carbocycles. The van der Waals surface area contributed by atoms with Crippen LogP contribution < -0.4 is 10.6 Å². The van der Waals surface area contributed by atoms with Gasteiger partial charge in [0.25, 0.3) is 0 Å². The van der Waals surface area contributed by atoms with Gasteiger partial charge in [-0.05, 0) is 38.5 Å². The van der Waals surface area contributed by atoms with Crippen molar-refractivity contribution in [3.8, 4) is 0 Å². The largest absolute Gasteiger partial charge is 0.359 e. The van der Waals surface area contributed by atoms with Gasteiger partial charge in [-0.3, -0.25) is 4.68 Å². The first kappa shape index (κ1) is 14.4. The number of aryl methyl sites for hydroxylation is 2. The topological polar surface area (TPSA) is 47.1 Å². The van der Waals surface area contributed by atoms with E-state index in [0.29, 0.717) is 0 Å². The summed E-state index contributed by atoms with van der Waals surface area (Å²) in [5.41, 5.74) is 8.59. The molecule has 0 aromatic carbocycles. The zero-order valence-corrected chi connectivity index (χ0v) is 12.8. The summed E-state index contributed by atoms with van der Waals surface area (Å²) in [6, 6.07) is 0.235. The molecule has 0 bridgehead atoms. The van der Waals surface area contributed by atoms with Crippen molar-refractivity contribution in [1.29, 1.82) is 0 Å². The van der Waals surface area contributed by atoms with Crippen LogP contribution in [0.3, 0.4) is 0 Å². The van der Waals surface area contributed by atoms with Crippen LogP contribution in [0.4, 0.5) is 5.82 Å². The van der Waals surface area contributed by atoms with Gasteiger partial charge >= 0.3 is 0 Å². The minimum Gasteiger partial charge on any atom is -0.359 e. The van der Waals surface area contributed by atoms with E-state index in [1.54, 1.807) is 0 Å². The summed E-state index contributed by atoms with van der Waals surface area (Å²) in [7, 11) is 4.23. The quantitative estimate of drug-likeness (QED) is 0.857. The maximum absolute atomic E-state index is 6.14. The maximum atomic E-state index is 6.14. The summed E-state index contributed by atoms with van der Waals surface area (Å²) in [6.45, 7) is 5.39. The molecule has 108 valence electrons. The molecule has 0 radical (unpaired) electrons. The van der Waals surface area contributed by atoms with Gasteiger partial charge < -0.3 is 10.6 Å². The molecule has 1 saturated carbocycles. The predicted molar refractivity (Wildman–Crippen MR) is 80.5 cm³/mol. The van der Waals surface area contributed by atoms with E-state index < -0.39 is 0 Å². The lowest BCUT2D eigenvalue weighted by molar-refractivity contribution is 0.320. The molecule has 0 saturated heterocycles. The first-order valence-corrected chi connectivity index (χ1v) is 7.52. The fraction of sp³-hybridized carbons (Fsp3) is 0.800. The smallest absolute Gasteiger partial charge is 0.129 e. The van der Waals surface area contributed by atoms with E-state index in [1.807, 2.05) is 11.7 Å². The third-order valence-electron chi connectivity index (χ3n) is 4.42. The van der Waals surface area contributed by atoms with E-state index >= 15 is 0 Å². The molecule has 0 spiro atoms. The Balaban J connectivity index is 2.16. The van der Waals surface area contributed by atoms with Crippen molar-refractivity contribution in [2.45, 2.75) is 52.0 Å². The van der Waals surface area contributed by atoms with Crippen molar-refractivity contribution < 1.29 is 0 Å². The molecule has 1 atom stereocenters. The van der Waals surface area contributed by atoms with Crippen molar-refractivity contribution in [3.05, 3.63) is 11.3 Å². The van der Waals surface area contributed by atoms with Crippen molar-refractivity contribution in [3.63, 3.8) is 0 Å². The van der Waals surface area contributed by atoms with Gasteiger partial charge in [-0.2, -0.15) is 5.10 Å². The number of rotatable bonds is 6. The highest BCUT2D eigenvalue weighted by molar-refractivity contribution is 5.50. The molecule has 19 heavy (non-hydrogen) atoms. The van der Waals surface area contributed by atoms with Gasteiger partial charge in [0, 0.05) is 32.2 Å². The summed E-state index contributed by atoms with van der Waals surface area (Å²) in [4.78, 5) is 2.38. The van der Waals surface area contributed by atoms with Crippen LogP contribution in [0.25, 0.3) is 0 Å². The fourth-order valence-corrected chi connectivity index (χ4v) is 2.96. The van der Waals surface area contributed by atoms with Gasteiger partial charge in [0.2, 0.25) is 0 Å². The molecule has 1 aliphatic rings. The molecule has 0 aliphatic heterocycles. The van der Waals surface area contributed by atoms with E-state index in [-0.39, 0.29) is 6.04 Å². The Labute approximate surface area is 117 Å². The lowest BCUT2D eigenvalue weighted by atomic mass is 9.85. The summed E-state index contributed by atoms with van der Waals surface area (Å²) in [5.74, 6) is 2.13. The second-order valence-corrected chi connectivity index (χ2v) is 6.06. The minimum atomic E-state index is 0.235. The number of hydrogen-bond donors (Lipinski definition) is 1. The first-order chi connectivity index (χ1) is 9.02. The molecule has 1 aromatic heterocycles. The van der Waals surface area contributed by atoms with Gasteiger partial charge in [0.05, 0.1) is 5.69 Å². The molecule has 1 heterocycles. The van der Waals surface area contributed by atoms with E-state index in [9.17, 15) is 0 Å². The average molecular weight is 264 g/mol. The van der Waals surface area contributed by atoms with E-state index in [0.717, 1.165) is 31.0 Å². The number of nitrogens with zero attached hydrogens (tertiary/aromatic N) is 3. The average Bonchev–Trinajstić information content (AvgIpc) is 2.58. The Hall–Kier alpha value is -1.03. The number of hydrogen-bond acceptors (Lipinski definition) is 3. The summed E-state index contributed by atoms with van der Waals surface area (Å²) in [6.07, 6.45) is 6.10. The lowest BCUT2D eigenvalue weighted by Crippen LogP contribution is -2.32. The van der Waals surface area contributed by atoms with Crippen molar-refractivity contribution in [1.82, 2.24) is 9.78 Å². The van der Waals surface area contributed by atoms with Gasteiger partial charge in [-0.15, -0.1) is 0 Å². The Morgan fingerprint density at radius 1 is 1.47 bits per heavy atom. The molecule has 1 unspecified atom stereocenters. The highest BCUT2D eigenvalue weighted by Crippen LogP contribution is 2.30. The lowest BCUT2D eigenvalue weighted by Gasteiger charge is -2.31. The Morgan fingerprint density at radius 3 is 2.68 bits per heavy atom. The second-order valence-electron chi connectivity index (χ2n) is 6.06. The third-order valence-corrected chi connectivity index (χ3v) is 4.42. The van der Waals surface area contributed by atoms with Crippen LogP contribution in [0, 0.1) is 12.8 Å². The summed E-state index contributed by atoms with van der Waals surface area (Å²) < 4.78 is 2.02. The Morgan fingerprint density at radius 2 is 2.16 bits per heavy atom. The molecule has 2 rings (SSSR count). The van der Waals surface area contributed by atoms with Crippen molar-refractivity contribution >= 4 is 5.82 Å². The predicted octanol–water partition coefficient (Wildman–Crippen LogP) is 2.24. The van der Waals surface area contributed by atoms with Crippen LogP contribution in [-0.2, 0) is 13.5 Å². The van der Waals surface area contributed by atoms with E-state index in [1.165, 1.54) is 30.6 Å². The Kier molecular flexibility index (Phi) is 4.50. The molecule has 1 fully saturated rings. The minimum absolute atomic E-state index is 0.235. The van der Waals surface area contributed by atoms with Crippen molar-refractivity contribution in [2.24, 2.45) is 18.7 Å². The second kappa shape index (κ2) is 5.95. The van der Waals surface area contributed by atoms with Crippen LogP contribution in [0.1, 0.15) is 43.9 Å². The first-order valence-electron chi connectivity index (χ1n) is 7.52. The highest BCUT2D eigenvalue weighted by atomic mass is 15.4. The third kappa shape index (κ3) is 3.11. The van der Waals surface area contributed by atoms with Gasteiger partial charge in [0.1, 0.15) is 5.82 Å². The molecule has 4 heteroatoms. The van der Waals surface area contributed by atoms with E-state index in [4.69, 9.17) is 5.73 Å². The normalized spacial score (nSPS) is 17.3. The molecule has 4 nitrogen and oxygen atoms in total. The SMILES string of the molecule is CCC(N)Cc1c(C)nn(C)c1N(C)CC1CCC1. The monoisotopic (exact) mass is 264 g/mol. The van der Waals surface area contributed by atoms with Gasteiger partial charge in [0.15, 0.2) is 0 Å². The highest BCUT2D eigenvalue weighted by Gasteiger charge is 2.23. The Bertz CT molecular complexity index is 420. The molecule has 2 N–H and O–H groups in total. The van der Waals surface area contributed by atoms with Crippen LogP contribution in [0.15, 0.2) is 0 Å². The van der Waals surface area contributed by atoms with Gasteiger partial charge in [-0.1, -0.05) is 13.3 Å². The van der Waals surface area contributed by atoms with E-state index in [2.05, 4.69) is 30.9 Å². The molecular weight excluding hydrogens is 236 g/mol. The number of aromatic nitrogens is 2.